The predicted molar refractivity (Wildman–Crippen MR) is 89.9 cm³/mol. The number of imidazole rings is 1. The molecule has 1 aromatic heterocycles. The monoisotopic (exact) mass is 309 g/mol. The lowest BCUT2D eigenvalue weighted by Crippen LogP contribution is -2.25. The fraction of sp³-hybridized carbons (Fsp3) is 0.222. The van der Waals surface area contributed by atoms with Gasteiger partial charge in [0.2, 0.25) is 0 Å². The van der Waals surface area contributed by atoms with Crippen molar-refractivity contribution in [3.8, 4) is 5.75 Å². The van der Waals surface area contributed by atoms with Crippen molar-refractivity contribution in [2.24, 2.45) is 0 Å². The summed E-state index contributed by atoms with van der Waals surface area (Å²) in [6.45, 7) is 2.53. The molecule has 0 saturated carbocycles. The number of ether oxygens (including phenoxy) is 1. The van der Waals surface area contributed by atoms with Gasteiger partial charge in [0.1, 0.15) is 11.6 Å². The second-order valence-electron chi connectivity index (χ2n) is 5.44. The van der Waals surface area contributed by atoms with Crippen LogP contribution in [0.3, 0.4) is 0 Å². The average molecular weight is 309 g/mol. The van der Waals surface area contributed by atoms with Gasteiger partial charge in [-0.1, -0.05) is 17.7 Å². The van der Waals surface area contributed by atoms with Crippen LogP contribution in [0.5, 0.6) is 5.75 Å². The molecular weight excluding hydrogens is 290 g/mol. The molecule has 3 rings (SSSR count). The number of nitrogens with zero attached hydrogens (tertiary/aromatic N) is 1. The highest BCUT2D eigenvalue weighted by atomic mass is 16.5. The predicted octanol–water partition coefficient (Wildman–Crippen LogP) is 2.85. The molecule has 0 aliphatic carbocycles. The van der Waals surface area contributed by atoms with E-state index in [9.17, 15) is 4.79 Å². The smallest absolute Gasteiger partial charge is 0.251 e. The van der Waals surface area contributed by atoms with Crippen molar-refractivity contribution >= 4 is 16.9 Å². The molecule has 0 radical (unpaired) electrons. The van der Waals surface area contributed by atoms with Crippen LogP contribution in [0.2, 0.25) is 0 Å². The van der Waals surface area contributed by atoms with E-state index in [0.29, 0.717) is 18.5 Å². The van der Waals surface area contributed by atoms with Gasteiger partial charge in [-0.3, -0.25) is 4.79 Å². The van der Waals surface area contributed by atoms with Gasteiger partial charge in [0.15, 0.2) is 0 Å². The van der Waals surface area contributed by atoms with Crippen LogP contribution in [0.15, 0.2) is 42.5 Å². The summed E-state index contributed by atoms with van der Waals surface area (Å²) in [7, 11) is 1.64. The first-order valence-corrected chi connectivity index (χ1v) is 7.53. The van der Waals surface area contributed by atoms with Gasteiger partial charge in [-0.05, 0) is 31.2 Å². The Morgan fingerprint density at radius 2 is 2.00 bits per heavy atom. The number of rotatable bonds is 5. The number of nitrogens with one attached hydrogen (secondary N) is 2. The molecule has 2 N–H and O–H groups in total. The Balaban J connectivity index is 1.60. The molecule has 0 unspecified atom stereocenters. The van der Waals surface area contributed by atoms with Gasteiger partial charge >= 0.3 is 0 Å². The number of H-pyrrole nitrogens is 1. The lowest BCUT2D eigenvalue weighted by atomic mass is 10.1. The van der Waals surface area contributed by atoms with E-state index < -0.39 is 0 Å². The Morgan fingerprint density at radius 3 is 2.74 bits per heavy atom. The zero-order valence-corrected chi connectivity index (χ0v) is 13.2. The van der Waals surface area contributed by atoms with Crippen molar-refractivity contribution in [2.75, 3.05) is 13.7 Å². The average Bonchev–Trinajstić information content (AvgIpc) is 2.97. The standard InChI is InChI=1S/C18H19N3O2/c1-12-3-5-13(6-4-12)18(22)19-10-9-17-20-15-8-7-14(23-2)11-16(15)21-17/h3-8,11H,9-10H2,1-2H3,(H,19,22)(H,20,21). The first kappa shape index (κ1) is 15.1. The second-order valence-corrected chi connectivity index (χ2v) is 5.44. The van der Waals surface area contributed by atoms with E-state index in [2.05, 4.69) is 15.3 Å². The van der Waals surface area contributed by atoms with Crippen molar-refractivity contribution in [1.82, 2.24) is 15.3 Å². The van der Waals surface area contributed by atoms with Crippen molar-refractivity contribution < 1.29 is 9.53 Å². The minimum absolute atomic E-state index is 0.0669. The van der Waals surface area contributed by atoms with Crippen LogP contribution in [0.1, 0.15) is 21.7 Å². The quantitative estimate of drug-likeness (QED) is 0.761. The van der Waals surface area contributed by atoms with Gasteiger partial charge in [-0.15, -0.1) is 0 Å². The molecule has 5 nitrogen and oxygen atoms in total. The fourth-order valence-electron chi connectivity index (χ4n) is 2.39. The molecule has 1 heterocycles. The number of carbonyl (C=O) groups is 1. The molecule has 2 aromatic carbocycles. The van der Waals surface area contributed by atoms with Gasteiger partial charge in [0.05, 0.1) is 18.1 Å². The Bertz CT molecular complexity index is 822. The number of aromatic nitrogens is 2. The number of hydrogen-bond donors (Lipinski definition) is 2. The number of aryl methyl sites for hydroxylation is 1. The van der Waals surface area contributed by atoms with Crippen LogP contribution in [0.4, 0.5) is 0 Å². The number of aromatic amines is 1. The zero-order valence-electron chi connectivity index (χ0n) is 13.2. The van der Waals surface area contributed by atoms with Gasteiger partial charge in [0, 0.05) is 24.6 Å². The highest BCUT2D eigenvalue weighted by Crippen LogP contribution is 2.18. The molecule has 0 saturated heterocycles. The number of benzene rings is 2. The zero-order chi connectivity index (χ0) is 16.2. The van der Waals surface area contributed by atoms with Crippen molar-refractivity contribution in [2.45, 2.75) is 13.3 Å². The molecule has 0 aliphatic heterocycles. The molecule has 0 atom stereocenters. The lowest BCUT2D eigenvalue weighted by molar-refractivity contribution is 0.0954. The minimum atomic E-state index is -0.0669. The summed E-state index contributed by atoms with van der Waals surface area (Å²) in [6.07, 6.45) is 0.647. The number of fused-ring (bicyclic) bond motifs is 1. The molecular formula is C18H19N3O2. The Kier molecular flexibility index (Phi) is 4.28. The molecule has 5 heteroatoms. The van der Waals surface area contributed by atoms with Gasteiger partial charge in [0.25, 0.3) is 5.91 Å². The summed E-state index contributed by atoms with van der Waals surface area (Å²) in [5.41, 5.74) is 3.64. The molecule has 3 aromatic rings. The van der Waals surface area contributed by atoms with E-state index in [1.165, 1.54) is 0 Å². The third kappa shape index (κ3) is 3.51. The van der Waals surface area contributed by atoms with Crippen LogP contribution in [0, 0.1) is 6.92 Å². The normalized spacial score (nSPS) is 10.7. The number of amides is 1. The van der Waals surface area contributed by atoms with Crippen molar-refractivity contribution in [3.05, 3.63) is 59.4 Å². The van der Waals surface area contributed by atoms with Crippen LogP contribution in [-0.2, 0) is 6.42 Å². The van der Waals surface area contributed by atoms with Gasteiger partial charge in [-0.25, -0.2) is 4.98 Å². The summed E-state index contributed by atoms with van der Waals surface area (Å²) in [5.74, 6) is 1.57. The number of methoxy groups -OCH3 is 1. The summed E-state index contributed by atoms with van der Waals surface area (Å²) in [4.78, 5) is 19.8. The lowest BCUT2D eigenvalue weighted by Gasteiger charge is -2.04. The maximum atomic E-state index is 12.0. The Hall–Kier alpha value is -2.82. The van der Waals surface area contributed by atoms with E-state index in [1.54, 1.807) is 7.11 Å². The molecule has 0 bridgehead atoms. The van der Waals surface area contributed by atoms with E-state index >= 15 is 0 Å². The Labute approximate surface area is 134 Å². The van der Waals surface area contributed by atoms with E-state index in [1.807, 2.05) is 49.4 Å². The molecule has 23 heavy (non-hydrogen) atoms. The second kappa shape index (κ2) is 6.52. The molecule has 118 valence electrons. The maximum absolute atomic E-state index is 12.0. The first-order valence-electron chi connectivity index (χ1n) is 7.53. The largest absolute Gasteiger partial charge is 0.497 e. The summed E-state index contributed by atoms with van der Waals surface area (Å²) in [5, 5.41) is 2.91. The van der Waals surface area contributed by atoms with Gasteiger partial charge < -0.3 is 15.0 Å². The fourth-order valence-corrected chi connectivity index (χ4v) is 2.39. The van der Waals surface area contributed by atoms with Crippen molar-refractivity contribution in [1.29, 1.82) is 0 Å². The highest BCUT2D eigenvalue weighted by Gasteiger charge is 2.07. The van der Waals surface area contributed by atoms with Crippen molar-refractivity contribution in [3.63, 3.8) is 0 Å². The number of hydrogen-bond acceptors (Lipinski definition) is 3. The first-order chi connectivity index (χ1) is 11.2. The molecule has 0 spiro atoms. The third-order valence-electron chi connectivity index (χ3n) is 3.70. The van der Waals surface area contributed by atoms with Gasteiger partial charge in [-0.2, -0.15) is 0 Å². The van der Waals surface area contributed by atoms with Crippen LogP contribution in [0.25, 0.3) is 11.0 Å². The SMILES string of the molecule is COc1ccc2nc(CCNC(=O)c3ccc(C)cc3)[nH]c2c1. The van der Waals surface area contributed by atoms with Crippen LogP contribution >= 0.6 is 0 Å². The molecule has 0 fully saturated rings. The van der Waals surface area contributed by atoms with Crippen LogP contribution in [-0.4, -0.2) is 29.5 Å². The minimum Gasteiger partial charge on any atom is -0.497 e. The Morgan fingerprint density at radius 1 is 1.22 bits per heavy atom. The molecule has 0 aliphatic rings. The summed E-state index contributed by atoms with van der Waals surface area (Å²) >= 11 is 0. The van der Waals surface area contributed by atoms with E-state index in [-0.39, 0.29) is 5.91 Å². The van der Waals surface area contributed by atoms with E-state index in [0.717, 1.165) is 28.2 Å². The number of carbonyl (C=O) groups excluding carboxylic acids is 1. The molecule has 1 amide bonds. The highest BCUT2D eigenvalue weighted by molar-refractivity contribution is 5.94. The topological polar surface area (TPSA) is 67.0 Å². The maximum Gasteiger partial charge on any atom is 0.251 e. The summed E-state index contributed by atoms with van der Waals surface area (Å²) < 4.78 is 5.20. The third-order valence-corrected chi connectivity index (χ3v) is 3.70. The summed E-state index contributed by atoms with van der Waals surface area (Å²) in [6, 6.07) is 13.2. The van der Waals surface area contributed by atoms with E-state index in [4.69, 9.17) is 4.74 Å². The van der Waals surface area contributed by atoms with Crippen LogP contribution < -0.4 is 10.1 Å².